The average Bonchev–Trinajstić information content (AvgIpc) is 2.79. The lowest BCUT2D eigenvalue weighted by Crippen LogP contribution is -2.49. The predicted molar refractivity (Wildman–Crippen MR) is 89.3 cm³/mol. The second-order valence-electron chi connectivity index (χ2n) is 6.39. The van der Waals surface area contributed by atoms with Crippen molar-refractivity contribution in [2.24, 2.45) is 0 Å². The Balaban J connectivity index is 1.97. The molecule has 1 saturated heterocycles. The van der Waals surface area contributed by atoms with Gasteiger partial charge in [0.2, 0.25) is 5.91 Å². The van der Waals surface area contributed by atoms with Crippen LogP contribution in [0.2, 0.25) is 0 Å². The lowest BCUT2D eigenvalue weighted by molar-refractivity contribution is -0.137. The third-order valence-corrected chi connectivity index (χ3v) is 4.87. The monoisotopic (exact) mass is 316 g/mol. The first kappa shape index (κ1) is 15.8. The summed E-state index contributed by atoms with van der Waals surface area (Å²) in [5, 5.41) is 0. The molecule has 0 saturated carbocycles. The molecule has 1 aliphatic heterocycles. The molecule has 0 bridgehead atoms. The van der Waals surface area contributed by atoms with E-state index in [4.69, 9.17) is 0 Å². The SMILES string of the molecule is CCn1c(=O)n(CC(=O)N2[C@H](C)CCC[C@H]2C)c2cccnc21. The number of carbonyl (C=O) groups is 1. The number of imidazole rings is 1. The molecule has 1 fully saturated rings. The number of amides is 1. The smallest absolute Gasteiger partial charge is 0.330 e. The summed E-state index contributed by atoms with van der Waals surface area (Å²) in [5.74, 6) is 0.0193. The van der Waals surface area contributed by atoms with Crippen LogP contribution in [0.3, 0.4) is 0 Å². The number of fused-ring (bicyclic) bond motifs is 1. The normalized spacial score (nSPS) is 21.8. The Bertz CT molecular complexity index is 766. The summed E-state index contributed by atoms with van der Waals surface area (Å²) >= 11 is 0. The van der Waals surface area contributed by atoms with E-state index in [1.165, 1.54) is 0 Å². The van der Waals surface area contributed by atoms with Gasteiger partial charge in [-0.15, -0.1) is 0 Å². The van der Waals surface area contributed by atoms with E-state index in [0.29, 0.717) is 12.2 Å². The van der Waals surface area contributed by atoms with Crippen LogP contribution < -0.4 is 5.69 Å². The Morgan fingerprint density at radius 1 is 1.26 bits per heavy atom. The molecule has 124 valence electrons. The predicted octanol–water partition coefficient (Wildman–Crippen LogP) is 2.01. The highest BCUT2D eigenvalue weighted by Gasteiger charge is 2.29. The third-order valence-electron chi connectivity index (χ3n) is 4.87. The van der Waals surface area contributed by atoms with Gasteiger partial charge < -0.3 is 4.90 Å². The second kappa shape index (κ2) is 6.18. The summed E-state index contributed by atoms with van der Waals surface area (Å²) in [6.07, 6.45) is 4.90. The highest BCUT2D eigenvalue weighted by atomic mass is 16.2. The van der Waals surface area contributed by atoms with Crippen LogP contribution in [0.15, 0.2) is 23.1 Å². The van der Waals surface area contributed by atoms with Gasteiger partial charge in [0.15, 0.2) is 5.65 Å². The number of hydrogen-bond acceptors (Lipinski definition) is 3. The van der Waals surface area contributed by atoms with Gasteiger partial charge in [0.25, 0.3) is 0 Å². The average molecular weight is 316 g/mol. The van der Waals surface area contributed by atoms with Crippen LogP contribution in [0.4, 0.5) is 0 Å². The van der Waals surface area contributed by atoms with Crippen molar-refractivity contribution >= 4 is 17.1 Å². The number of aryl methyl sites for hydroxylation is 1. The van der Waals surface area contributed by atoms with Crippen LogP contribution in [-0.2, 0) is 17.9 Å². The number of nitrogens with zero attached hydrogens (tertiary/aromatic N) is 4. The summed E-state index contributed by atoms with van der Waals surface area (Å²) in [7, 11) is 0. The first-order valence-electron chi connectivity index (χ1n) is 8.39. The van der Waals surface area contributed by atoms with Gasteiger partial charge in [0.05, 0.1) is 5.52 Å². The second-order valence-corrected chi connectivity index (χ2v) is 6.39. The molecule has 3 heterocycles. The molecule has 23 heavy (non-hydrogen) atoms. The molecule has 0 spiro atoms. The standard InChI is InChI=1S/C17H24N4O2/c1-4-19-16-14(9-6-10-18-16)20(17(19)23)11-15(22)21-12(2)7-5-8-13(21)3/h6,9-10,12-13H,4-5,7-8,11H2,1-3H3/t12-,13-/m1/s1. The van der Waals surface area contributed by atoms with Crippen LogP contribution in [0.1, 0.15) is 40.0 Å². The topological polar surface area (TPSA) is 60.1 Å². The molecule has 0 N–H and O–H groups in total. The maximum Gasteiger partial charge on any atom is 0.330 e. The fraction of sp³-hybridized carbons (Fsp3) is 0.588. The third kappa shape index (κ3) is 2.66. The molecular formula is C17H24N4O2. The molecule has 0 unspecified atom stereocenters. The molecule has 1 amide bonds. The first-order valence-corrected chi connectivity index (χ1v) is 8.39. The molecule has 2 aromatic rings. The molecule has 0 aliphatic carbocycles. The van der Waals surface area contributed by atoms with E-state index in [9.17, 15) is 9.59 Å². The Hall–Kier alpha value is -2.11. The summed E-state index contributed by atoms with van der Waals surface area (Å²) < 4.78 is 3.17. The van der Waals surface area contributed by atoms with Crippen LogP contribution in [-0.4, -0.2) is 37.0 Å². The highest BCUT2D eigenvalue weighted by Crippen LogP contribution is 2.23. The molecule has 0 aromatic carbocycles. The van der Waals surface area contributed by atoms with Gasteiger partial charge >= 0.3 is 5.69 Å². The number of hydrogen-bond donors (Lipinski definition) is 0. The highest BCUT2D eigenvalue weighted by molar-refractivity contribution is 5.80. The van der Waals surface area contributed by atoms with Crippen molar-refractivity contribution in [3.8, 4) is 0 Å². The maximum atomic E-state index is 12.8. The number of carbonyl (C=O) groups excluding carboxylic acids is 1. The zero-order chi connectivity index (χ0) is 16.6. The maximum absolute atomic E-state index is 12.8. The van der Waals surface area contributed by atoms with Gasteiger partial charge in [-0.05, 0) is 52.2 Å². The lowest BCUT2D eigenvalue weighted by Gasteiger charge is -2.39. The summed E-state index contributed by atoms with van der Waals surface area (Å²) in [5.41, 5.74) is 1.21. The van der Waals surface area contributed by atoms with E-state index >= 15 is 0 Å². The van der Waals surface area contributed by atoms with Crippen LogP contribution >= 0.6 is 0 Å². The quantitative estimate of drug-likeness (QED) is 0.870. The fourth-order valence-electron chi connectivity index (χ4n) is 3.71. The van der Waals surface area contributed by atoms with E-state index in [0.717, 1.165) is 24.8 Å². The molecule has 1 aliphatic rings. The Labute approximate surface area is 135 Å². The van der Waals surface area contributed by atoms with Gasteiger partial charge in [0.1, 0.15) is 6.54 Å². The van der Waals surface area contributed by atoms with Crippen LogP contribution in [0, 0.1) is 0 Å². The van der Waals surface area contributed by atoms with E-state index in [1.807, 2.05) is 17.9 Å². The molecular weight excluding hydrogens is 292 g/mol. The molecule has 3 rings (SSSR count). The van der Waals surface area contributed by atoms with E-state index in [2.05, 4.69) is 18.8 Å². The number of aromatic nitrogens is 3. The van der Waals surface area contributed by atoms with E-state index in [1.54, 1.807) is 21.4 Å². The van der Waals surface area contributed by atoms with E-state index in [-0.39, 0.29) is 30.2 Å². The lowest BCUT2D eigenvalue weighted by atomic mass is 9.97. The number of piperidine rings is 1. The minimum atomic E-state index is -0.160. The first-order chi connectivity index (χ1) is 11.0. The molecule has 2 atom stereocenters. The number of likely N-dealkylation sites (tertiary alicyclic amines) is 1. The van der Waals surface area contributed by atoms with Crippen molar-refractivity contribution in [1.29, 1.82) is 0 Å². The zero-order valence-electron chi connectivity index (χ0n) is 14.0. The molecule has 6 nitrogen and oxygen atoms in total. The Morgan fingerprint density at radius 3 is 2.61 bits per heavy atom. The fourth-order valence-corrected chi connectivity index (χ4v) is 3.71. The largest absolute Gasteiger partial charge is 0.336 e. The van der Waals surface area contributed by atoms with Gasteiger partial charge in [-0.25, -0.2) is 9.78 Å². The zero-order valence-corrected chi connectivity index (χ0v) is 14.0. The van der Waals surface area contributed by atoms with Crippen LogP contribution in [0.5, 0.6) is 0 Å². The van der Waals surface area contributed by atoms with E-state index < -0.39 is 0 Å². The Morgan fingerprint density at radius 2 is 1.96 bits per heavy atom. The van der Waals surface area contributed by atoms with Crippen molar-refractivity contribution in [3.63, 3.8) is 0 Å². The summed E-state index contributed by atoms with van der Waals surface area (Å²) in [6, 6.07) is 4.13. The summed E-state index contributed by atoms with van der Waals surface area (Å²) in [6.45, 7) is 6.73. The number of rotatable bonds is 3. The molecule has 6 heteroatoms. The minimum Gasteiger partial charge on any atom is -0.336 e. The van der Waals surface area contributed by atoms with Crippen molar-refractivity contribution in [1.82, 2.24) is 19.0 Å². The number of pyridine rings is 1. The van der Waals surface area contributed by atoms with Gasteiger partial charge in [-0.1, -0.05) is 0 Å². The van der Waals surface area contributed by atoms with Crippen LogP contribution in [0.25, 0.3) is 11.2 Å². The Kier molecular flexibility index (Phi) is 4.24. The van der Waals surface area contributed by atoms with Gasteiger partial charge in [-0.2, -0.15) is 0 Å². The van der Waals surface area contributed by atoms with Gasteiger partial charge in [-0.3, -0.25) is 13.9 Å². The minimum absolute atomic E-state index is 0.0193. The van der Waals surface area contributed by atoms with Gasteiger partial charge in [0, 0.05) is 24.8 Å². The summed E-state index contributed by atoms with van der Waals surface area (Å²) in [4.78, 5) is 31.7. The van der Waals surface area contributed by atoms with Crippen molar-refractivity contribution in [2.45, 2.75) is 65.2 Å². The van der Waals surface area contributed by atoms with Crippen molar-refractivity contribution in [2.75, 3.05) is 0 Å². The molecule has 0 radical (unpaired) electrons. The van der Waals surface area contributed by atoms with Crippen molar-refractivity contribution < 1.29 is 4.79 Å². The molecule has 2 aromatic heterocycles. The van der Waals surface area contributed by atoms with Crippen molar-refractivity contribution in [3.05, 3.63) is 28.8 Å².